The fourth-order valence-electron chi connectivity index (χ4n) is 1.91. The lowest BCUT2D eigenvalue weighted by Gasteiger charge is -2.13. The van der Waals surface area contributed by atoms with Crippen molar-refractivity contribution in [2.24, 2.45) is 0 Å². The van der Waals surface area contributed by atoms with Gasteiger partial charge >= 0.3 is 0 Å². The molecule has 0 bridgehead atoms. The first-order valence-corrected chi connectivity index (χ1v) is 9.51. The summed E-state index contributed by atoms with van der Waals surface area (Å²) in [6.45, 7) is 4.59. The van der Waals surface area contributed by atoms with E-state index >= 15 is 0 Å². The molecule has 2 aromatic rings. The molecule has 1 aromatic heterocycles. The van der Waals surface area contributed by atoms with Crippen LogP contribution in [0.3, 0.4) is 0 Å². The highest BCUT2D eigenvalue weighted by molar-refractivity contribution is 8.02. The Bertz CT molecular complexity index is 783. The minimum Gasteiger partial charge on any atom is -0.495 e. The third-order valence-corrected chi connectivity index (χ3v) is 5.30. The first kappa shape index (κ1) is 19.9. The average molecular weight is 397 g/mol. The number of carbonyl (C=O) groups excluding carboxylic acids is 1. The number of hydrogen-bond donors (Lipinski definition) is 2. The first-order chi connectivity index (χ1) is 12.4. The second kappa shape index (κ2) is 9.34. The summed E-state index contributed by atoms with van der Waals surface area (Å²) in [7, 11) is 1.43. The van der Waals surface area contributed by atoms with E-state index in [1.807, 2.05) is 0 Å². The van der Waals surface area contributed by atoms with E-state index in [9.17, 15) is 14.9 Å². The highest BCUT2D eigenvalue weighted by atomic mass is 32.2. The molecule has 1 aromatic carbocycles. The van der Waals surface area contributed by atoms with Crippen LogP contribution in [0.2, 0.25) is 0 Å². The molecule has 0 spiro atoms. The number of amides is 1. The molecule has 26 heavy (non-hydrogen) atoms. The molecular formula is C15H19N5O4S2. The smallest absolute Gasteiger partial charge is 0.271 e. The number of nitrogens with zero attached hydrogens (tertiary/aromatic N) is 3. The van der Waals surface area contributed by atoms with E-state index in [4.69, 9.17) is 4.74 Å². The van der Waals surface area contributed by atoms with E-state index in [0.29, 0.717) is 15.2 Å². The van der Waals surface area contributed by atoms with Gasteiger partial charge in [0, 0.05) is 18.7 Å². The van der Waals surface area contributed by atoms with Gasteiger partial charge in [-0.15, -0.1) is 10.2 Å². The maximum Gasteiger partial charge on any atom is 0.271 e. The maximum absolute atomic E-state index is 12.4. The Balaban J connectivity index is 2.03. The van der Waals surface area contributed by atoms with Crippen LogP contribution in [0.25, 0.3) is 0 Å². The van der Waals surface area contributed by atoms with Crippen molar-refractivity contribution in [3.8, 4) is 5.75 Å². The van der Waals surface area contributed by atoms with Gasteiger partial charge in [-0.1, -0.05) is 30.0 Å². The largest absolute Gasteiger partial charge is 0.495 e. The summed E-state index contributed by atoms with van der Waals surface area (Å²) in [4.78, 5) is 22.8. The number of thioether (sulfide) groups is 1. The minimum atomic E-state index is -0.528. The molecule has 0 saturated heterocycles. The number of rotatable bonds is 9. The van der Waals surface area contributed by atoms with Gasteiger partial charge < -0.3 is 15.4 Å². The van der Waals surface area contributed by atoms with Crippen LogP contribution in [-0.4, -0.2) is 39.9 Å². The normalized spacial score (nSPS) is 11.7. The number of carbonyl (C=O) groups is 1. The van der Waals surface area contributed by atoms with Gasteiger partial charge in [0.15, 0.2) is 4.34 Å². The molecule has 0 fully saturated rings. The van der Waals surface area contributed by atoms with Gasteiger partial charge in [0.05, 0.1) is 23.0 Å². The van der Waals surface area contributed by atoms with Crippen molar-refractivity contribution >= 4 is 45.5 Å². The van der Waals surface area contributed by atoms with Crippen molar-refractivity contribution in [3.05, 3.63) is 28.3 Å². The highest BCUT2D eigenvalue weighted by Crippen LogP contribution is 2.32. The fourth-order valence-corrected chi connectivity index (χ4v) is 3.83. The van der Waals surface area contributed by atoms with E-state index in [1.165, 1.54) is 48.4 Å². The second-order valence-corrected chi connectivity index (χ2v) is 7.76. The van der Waals surface area contributed by atoms with E-state index in [0.717, 1.165) is 13.0 Å². The SMILES string of the molecule is CCCNc1nnc(S[C@H](C)C(=O)Nc2cc([N+](=O)[O-])ccc2OC)s1. The molecule has 0 aliphatic heterocycles. The van der Waals surface area contributed by atoms with E-state index in [-0.39, 0.29) is 17.3 Å². The Hall–Kier alpha value is -2.40. The third-order valence-electron chi connectivity index (χ3n) is 3.23. The summed E-state index contributed by atoms with van der Waals surface area (Å²) in [6.07, 6.45) is 0.978. The van der Waals surface area contributed by atoms with Gasteiger partial charge in [-0.05, 0) is 19.4 Å². The van der Waals surface area contributed by atoms with Gasteiger partial charge in [0.2, 0.25) is 11.0 Å². The van der Waals surface area contributed by atoms with Crippen LogP contribution in [-0.2, 0) is 4.79 Å². The molecule has 0 unspecified atom stereocenters. The van der Waals surface area contributed by atoms with Crippen LogP contribution in [0.5, 0.6) is 5.75 Å². The number of nitrogens with one attached hydrogen (secondary N) is 2. The summed E-state index contributed by atoms with van der Waals surface area (Å²) in [5.74, 6) is 0.0372. The molecule has 2 rings (SSSR count). The third kappa shape index (κ3) is 5.30. The summed E-state index contributed by atoms with van der Waals surface area (Å²) in [5, 5.41) is 25.0. The molecule has 140 valence electrons. The van der Waals surface area contributed by atoms with Gasteiger partial charge in [-0.3, -0.25) is 14.9 Å². The van der Waals surface area contributed by atoms with Crippen molar-refractivity contribution in [2.75, 3.05) is 24.3 Å². The second-order valence-electron chi connectivity index (χ2n) is 5.19. The number of benzene rings is 1. The molecule has 2 N–H and O–H groups in total. The van der Waals surface area contributed by atoms with Crippen molar-refractivity contribution in [1.29, 1.82) is 0 Å². The van der Waals surface area contributed by atoms with Crippen molar-refractivity contribution < 1.29 is 14.5 Å². The Kier molecular flexibility index (Phi) is 7.16. The number of nitro groups is 1. The van der Waals surface area contributed by atoms with Crippen LogP contribution < -0.4 is 15.4 Å². The standard InChI is InChI=1S/C15H19N5O4S2/c1-4-7-16-14-18-19-15(26-14)25-9(2)13(21)17-11-8-10(20(22)23)5-6-12(11)24-3/h5-6,8-9H,4,7H2,1-3H3,(H,16,18)(H,17,21)/t9-/m1/s1. The number of methoxy groups -OCH3 is 1. The van der Waals surface area contributed by atoms with Crippen molar-refractivity contribution in [2.45, 2.75) is 29.9 Å². The predicted molar refractivity (Wildman–Crippen MR) is 102 cm³/mol. The zero-order chi connectivity index (χ0) is 19.1. The number of anilines is 2. The molecule has 0 aliphatic carbocycles. The van der Waals surface area contributed by atoms with Crippen molar-refractivity contribution in [3.63, 3.8) is 0 Å². The highest BCUT2D eigenvalue weighted by Gasteiger charge is 2.20. The monoisotopic (exact) mass is 397 g/mol. The summed E-state index contributed by atoms with van der Waals surface area (Å²) in [5.41, 5.74) is 0.124. The number of aromatic nitrogens is 2. The van der Waals surface area contributed by atoms with E-state index in [2.05, 4.69) is 27.8 Å². The Morgan fingerprint density at radius 3 is 2.88 bits per heavy atom. The molecule has 9 nitrogen and oxygen atoms in total. The topological polar surface area (TPSA) is 119 Å². The zero-order valence-electron chi connectivity index (χ0n) is 14.5. The molecule has 0 saturated carbocycles. The van der Waals surface area contributed by atoms with E-state index in [1.54, 1.807) is 6.92 Å². The van der Waals surface area contributed by atoms with Gasteiger partial charge in [-0.2, -0.15) is 0 Å². The Labute approximate surface area is 158 Å². The first-order valence-electron chi connectivity index (χ1n) is 7.82. The lowest BCUT2D eigenvalue weighted by molar-refractivity contribution is -0.384. The Morgan fingerprint density at radius 2 is 2.23 bits per heavy atom. The van der Waals surface area contributed by atoms with Crippen molar-refractivity contribution in [1.82, 2.24) is 10.2 Å². The maximum atomic E-state index is 12.4. The number of non-ortho nitro benzene ring substituents is 1. The van der Waals surface area contributed by atoms with Crippen LogP contribution in [0.4, 0.5) is 16.5 Å². The zero-order valence-corrected chi connectivity index (χ0v) is 16.1. The van der Waals surface area contributed by atoms with Crippen LogP contribution in [0.15, 0.2) is 22.5 Å². The number of hydrogen-bond acceptors (Lipinski definition) is 9. The minimum absolute atomic E-state index is 0.128. The van der Waals surface area contributed by atoms with Gasteiger partial charge in [-0.25, -0.2) is 0 Å². The predicted octanol–water partition coefficient (Wildman–Crippen LogP) is 3.40. The quantitative estimate of drug-likeness (QED) is 0.375. The molecule has 1 amide bonds. The number of ether oxygens (including phenoxy) is 1. The number of nitro benzene ring substituents is 1. The molecule has 1 atom stereocenters. The van der Waals surface area contributed by atoms with Crippen LogP contribution >= 0.6 is 23.1 Å². The summed E-state index contributed by atoms with van der Waals surface area (Å²) in [6, 6.07) is 4.03. The lowest BCUT2D eigenvalue weighted by Crippen LogP contribution is -2.22. The molecule has 11 heteroatoms. The summed E-state index contributed by atoms with van der Waals surface area (Å²) >= 11 is 2.64. The van der Waals surface area contributed by atoms with Crippen LogP contribution in [0, 0.1) is 10.1 Å². The van der Waals surface area contributed by atoms with Gasteiger partial charge in [0.1, 0.15) is 5.75 Å². The molecule has 0 aliphatic rings. The fraction of sp³-hybridized carbons (Fsp3) is 0.400. The van der Waals surface area contributed by atoms with Gasteiger partial charge in [0.25, 0.3) is 5.69 Å². The van der Waals surface area contributed by atoms with Crippen LogP contribution in [0.1, 0.15) is 20.3 Å². The molecule has 1 heterocycles. The summed E-state index contributed by atoms with van der Waals surface area (Å²) < 4.78 is 5.81. The molecular weight excluding hydrogens is 378 g/mol. The van der Waals surface area contributed by atoms with E-state index < -0.39 is 10.2 Å². The Morgan fingerprint density at radius 1 is 1.46 bits per heavy atom. The average Bonchev–Trinajstić information content (AvgIpc) is 3.06. The lowest BCUT2D eigenvalue weighted by atomic mass is 10.2. The molecule has 0 radical (unpaired) electrons.